The zero-order valence-electron chi connectivity index (χ0n) is 14.9. The average Bonchev–Trinajstić information content (AvgIpc) is 3.14. The molecule has 0 aromatic carbocycles. The monoisotopic (exact) mass is 338 g/mol. The Bertz CT molecular complexity index is 517. The molecule has 0 N–H and O–H groups in total. The van der Waals surface area contributed by atoms with Crippen molar-refractivity contribution in [3.8, 4) is 0 Å². The number of halogens is 1. The maximum atomic E-state index is 13.6. The van der Waals surface area contributed by atoms with E-state index < -0.39 is 0 Å². The van der Waals surface area contributed by atoms with Gasteiger partial charge in [-0.3, -0.25) is 4.90 Å². The Balaban J connectivity index is 1.69. The number of rotatable bonds is 5. The van der Waals surface area contributed by atoms with Crippen LogP contribution in [0.4, 0.5) is 4.39 Å². The molecule has 2 heterocycles. The molecule has 2 fully saturated rings. The predicted octanol–water partition coefficient (Wildman–Crippen LogP) is 4.71. The van der Waals surface area contributed by atoms with Crippen LogP contribution in [-0.4, -0.2) is 43.5 Å². The molecule has 4 heteroatoms. The Morgan fingerprint density at radius 1 is 1.17 bits per heavy atom. The standard InChI is InChI=1S/C19H31FN2S/c1-4-5-13-22-14-12-18(15-22)8-10-19(11-9-18,21(2)3)16-6-7-17(20)23-16/h6-7H,4-5,8-15H2,1-3H3. The molecule has 0 radical (unpaired) electrons. The maximum Gasteiger partial charge on any atom is 0.176 e. The molecule has 1 aromatic rings. The number of unbranched alkanes of at least 4 members (excludes halogenated alkanes) is 1. The third-order valence-electron chi connectivity index (χ3n) is 6.37. The summed E-state index contributed by atoms with van der Waals surface area (Å²) in [5, 5.41) is -0.0480. The Kier molecular flexibility index (Phi) is 5.15. The van der Waals surface area contributed by atoms with Crippen molar-refractivity contribution < 1.29 is 4.39 Å². The van der Waals surface area contributed by atoms with Gasteiger partial charge in [-0.15, -0.1) is 11.3 Å². The molecular formula is C19H31FN2S. The van der Waals surface area contributed by atoms with E-state index in [2.05, 4.69) is 30.8 Å². The van der Waals surface area contributed by atoms with Gasteiger partial charge in [0, 0.05) is 11.4 Å². The second kappa shape index (κ2) is 6.81. The summed E-state index contributed by atoms with van der Waals surface area (Å²) in [6.45, 7) is 6.11. The highest BCUT2D eigenvalue weighted by Crippen LogP contribution is 2.52. The van der Waals surface area contributed by atoms with Crippen molar-refractivity contribution in [2.45, 2.75) is 57.4 Å². The van der Waals surface area contributed by atoms with E-state index in [1.807, 2.05) is 6.07 Å². The molecule has 1 saturated carbocycles. The first-order valence-electron chi connectivity index (χ1n) is 9.15. The zero-order chi connectivity index (χ0) is 16.5. The lowest BCUT2D eigenvalue weighted by Gasteiger charge is -2.48. The molecule has 1 aliphatic carbocycles. The first-order chi connectivity index (χ1) is 11.0. The lowest BCUT2D eigenvalue weighted by Crippen LogP contribution is -2.47. The summed E-state index contributed by atoms with van der Waals surface area (Å²) in [5.74, 6) is 0. The molecular weight excluding hydrogens is 307 g/mol. The van der Waals surface area contributed by atoms with Gasteiger partial charge in [0.05, 0.1) is 5.54 Å². The van der Waals surface area contributed by atoms with E-state index in [9.17, 15) is 4.39 Å². The first kappa shape index (κ1) is 17.4. The third kappa shape index (κ3) is 3.35. The normalized spacial score (nSPS) is 32.2. The van der Waals surface area contributed by atoms with Crippen molar-refractivity contribution >= 4 is 11.3 Å². The fraction of sp³-hybridized carbons (Fsp3) is 0.789. The topological polar surface area (TPSA) is 6.48 Å². The minimum Gasteiger partial charge on any atom is -0.303 e. The maximum absolute atomic E-state index is 13.6. The number of likely N-dealkylation sites (tertiary alicyclic amines) is 1. The summed E-state index contributed by atoms with van der Waals surface area (Å²) >= 11 is 1.35. The molecule has 0 atom stereocenters. The fourth-order valence-corrected chi connectivity index (χ4v) is 5.74. The minimum absolute atomic E-state index is 0.0480. The molecule has 0 unspecified atom stereocenters. The predicted molar refractivity (Wildman–Crippen MR) is 96.5 cm³/mol. The Labute approximate surface area is 144 Å². The van der Waals surface area contributed by atoms with Crippen LogP contribution in [-0.2, 0) is 5.54 Å². The van der Waals surface area contributed by atoms with Crippen LogP contribution in [0.1, 0.15) is 56.7 Å². The summed E-state index contributed by atoms with van der Waals surface area (Å²) in [4.78, 5) is 6.24. The lowest BCUT2D eigenvalue weighted by molar-refractivity contribution is 0.0408. The van der Waals surface area contributed by atoms with Crippen LogP contribution in [0.3, 0.4) is 0 Å². The van der Waals surface area contributed by atoms with Gasteiger partial charge in [0.2, 0.25) is 0 Å². The van der Waals surface area contributed by atoms with Crippen LogP contribution in [0.5, 0.6) is 0 Å². The van der Waals surface area contributed by atoms with Crippen molar-refractivity contribution in [1.29, 1.82) is 0 Å². The van der Waals surface area contributed by atoms with Gasteiger partial charge in [-0.05, 0) is 83.3 Å². The van der Waals surface area contributed by atoms with E-state index in [1.54, 1.807) is 6.07 Å². The van der Waals surface area contributed by atoms with Crippen LogP contribution in [0, 0.1) is 10.5 Å². The highest BCUT2D eigenvalue weighted by atomic mass is 32.1. The van der Waals surface area contributed by atoms with E-state index in [0.717, 1.165) is 0 Å². The molecule has 0 bridgehead atoms. The van der Waals surface area contributed by atoms with E-state index >= 15 is 0 Å². The lowest BCUT2D eigenvalue weighted by atomic mass is 9.66. The Hall–Kier alpha value is -0.450. The van der Waals surface area contributed by atoms with Crippen LogP contribution < -0.4 is 0 Å². The van der Waals surface area contributed by atoms with E-state index in [0.29, 0.717) is 5.41 Å². The van der Waals surface area contributed by atoms with E-state index in [-0.39, 0.29) is 10.7 Å². The summed E-state index contributed by atoms with van der Waals surface area (Å²) in [6.07, 6.45) is 8.88. The van der Waals surface area contributed by atoms with Crippen LogP contribution >= 0.6 is 11.3 Å². The van der Waals surface area contributed by atoms with Crippen molar-refractivity contribution in [1.82, 2.24) is 9.80 Å². The summed E-state index contributed by atoms with van der Waals surface area (Å²) in [7, 11) is 4.33. The molecule has 1 saturated heterocycles. The second-order valence-electron chi connectivity index (χ2n) is 7.91. The van der Waals surface area contributed by atoms with Gasteiger partial charge in [0.25, 0.3) is 0 Å². The molecule has 2 aliphatic rings. The summed E-state index contributed by atoms with van der Waals surface area (Å²) < 4.78 is 13.6. The first-order valence-corrected chi connectivity index (χ1v) is 9.97. The van der Waals surface area contributed by atoms with Gasteiger partial charge in [-0.1, -0.05) is 13.3 Å². The minimum atomic E-state index is -0.0480. The number of nitrogens with zero attached hydrogens (tertiary/aromatic N) is 2. The van der Waals surface area contributed by atoms with E-state index in [1.165, 1.54) is 80.8 Å². The van der Waals surface area contributed by atoms with Gasteiger partial charge in [-0.2, -0.15) is 4.39 Å². The molecule has 1 aliphatic heterocycles. The van der Waals surface area contributed by atoms with Gasteiger partial charge in [0.15, 0.2) is 5.13 Å². The van der Waals surface area contributed by atoms with Gasteiger partial charge >= 0.3 is 0 Å². The van der Waals surface area contributed by atoms with Crippen LogP contribution in [0.2, 0.25) is 0 Å². The third-order valence-corrected chi connectivity index (χ3v) is 7.44. The van der Waals surface area contributed by atoms with Gasteiger partial charge in [-0.25, -0.2) is 0 Å². The summed E-state index contributed by atoms with van der Waals surface area (Å²) in [6, 6.07) is 3.65. The number of hydrogen-bond donors (Lipinski definition) is 0. The summed E-state index contributed by atoms with van der Waals surface area (Å²) in [5.41, 5.74) is 0.583. The highest BCUT2D eigenvalue weighted by Gasteiger charge is 2.48. The fourth-order valence-electron chi connectivity index (χ4n) is 4.68. The van der Waals surface area contributed by atoms with E-state index in [4.69, 9.17) is 0 Å². The Morgan fingerprint density at radius 3 is 2.48 bits per heavy atom. The van der Waals surface area contributed by atoms with Gasteiger partial charge in [0.1, 0.15) is 0 Å². The number of hydrogen-bond acceptors (Lipinski definition) is 3. The molecule has 1 spiro atoms. The van der Waals surface area contributed by atoms with Crippen molar-refractivity contribution in [3.63, 3.8) is 0 Å². The van der Waals surface area contributed by atoms with Crippen LogP contribution in [0.15, 0.2) is 12.1 Å². The molecule has 1 aromatic heterocycles. The largest absolute Gasteiger partial charge is 0.303 e. The molecule has 3 rings (SSSR count). The number of thiophene rings is 1. The average molecular weight is 339 g/mol. The molecule has 2 nitrogen and oxygen atoms in total. The van der Waals surface area contributed by atoms with Crippen LogP contribution in [0.25, 0.3) is 0 Å². The second-order valence-corrected chi connectivity index (χ2v) is 8.94. The van der Waals surface area contributed by atoms with Crippen molar-refractivity contribution in [2.75, 3.05) is 33.7 Å². The molecule has 0 amide bonds. The molecule has 23 heavy (non-hydrogen) atoms. The van der Waals surface area contributed by atoms with Crippen molar-refractivity contribution in [3.05, 3.63) is 22.1 Å². The quantitative estimate of drug-likeness (QED) is 0.767. The highest BCUT2D eigenvalue weighted by molar-refractivity contribution is 7.10. The molecule has 130 valence electrons. The van der Waals surface area contributed by atoms with Gasteiger partial charge < -0.3 is 4.90 Å². The Morgan fingerprint density at radius 2 is 1.91 bits per heavy atom. The smallest absolute Gasteiger partial charge is 0.176 e. The van der Waals surface area contributed by atoms with Crippen molar-refractivity contribution in [2.24, 2.45) is 5.41 Å². The SMILES string of the molecule is CCCCN1CCC2(CCC(c3ccc(F)s3)(N(C)C)CC2)C1. The zero-order valence-corrected chi connectivity index (χ0v) is 15.7.